The Hall–Kier alpha value is -2.34. The molecule has 0 spiro atoms. The van der Waals surface area contributed by atoms with Crippen LogP contribution in [0.2, 0.25) is 0 Å². The van der Waals surface area contributed by atoms with Crippen LogP contribution < -0.4 is 4.72 Å². The van der Waals surface area contributed by atoms with E-state index in [1.165, 1.54) is 0 Å². The zero-order valence-electron chi connectivity index (χ0n) is 12.1. The Labute approximate surface area is 129 Å². The molecule has 3 rings (SSSR count). The van der Waals surface area contributed by atoms with Gasteiger partial charge in [0.25, 0.3) is 0 Å². The van der Waals surface area contributed by atoms with E-state index in [9.17, 15) is 8.42 Å². The van der Waals surface area contributed by atoms with Crippen molar-refractivity contribution in [2.24, 2.45) is 0 Å². The lowest BCUT2D eigenvalue weighted by atomic mass is 10.2. The summed E-state index contributed by atoms with van der Waals surface area (Å²) in [5.41, 5.74) is 2.77. The summed E-state index contributed by atoms with van der Waals surface area (Å²) in [5.74, 6) is 0.589. The summed E-state index contributed by atoms with van der Waals surface area (Å²) in [6.07, 6.45) is 0.474. The monoisotopic (exact) mass is 316 g/mol. The normalized spacial score (nSPS) is 11.7. The molecule has 2 aromatic carbocycles. The summed E-state index contributed by atoms with van der Waals surface area (Å²) in [6, 6.07) is 14.6. The Balaban J connectivity index is 1.72. The summed E-state index contributed by atoms with van der Waals surface area (Å²) in [5, 5.41) is 0. The predicted octanol–water partition coefficient (Wildman–Crippen LogP) is 3.12. The Kier molecular flexibility index (Phi) is 3.85. The van der Waals surface area contributed by atoms with Crippen LogP contribution in [0.25, 0.3) is 11.1 Å². The van der Waals surface area contributed by atoms with Gasteiger partial charge in [-0.15, -0.1) is 0 Å². The molecule has 0 amide bonds. The van der Waals surface area contributed by atoms with Gasteiger partial charge in [0.15, 0.2) is 11.5 Å². The number of anilines is 1. The Bertz CT molecular complexity index is 886. The molecular formula is C16H16N2O3S. The minimum Gasteiger partial charge on any atom is -0.441 e. The molecule has 0 aliphatic rings. The van der Waals surface area contributed by atoms with E-state index in [1.54, 1.807) is 25.1 Å². The van der Waals surface area contributed by atoms with E-state index in [2.05, 4.69) is 9.71 Å². The summed E-state index contributed by atoms with van der Waals surface area (Å²) in [7, 11) is -3.40. The van der Waals surface area contributed by atoms with Gasteiger partial charge >= 0.3 is 0 Å². The van der Waals surface area contributed by atoms with E-state index in [1.807, 2.05) is 30.3 Å². The van der Waals surface area contributed by atoms with Crippen molar-refractivity contribution in [1.29, 1.82) is 0 Å². The van der Waals surface area contributed by atoms with Crippen molar-refractivity contribution < 1.29 is 12.8 Å². The highest BCUT2D eigenvalue weighted by molar-refractivity contribution is 7.92. The van der Waals surface area contributed by atoms with Crippen LogP contribution in [0.3, 0.4) is 0 Å². The van der Waals surface area contributed by atoms with Crippen LogP contribution in [-0.4, -0.2) is 19.2 Å². The zero-order chi connectivity index (χ0) is 15.6. The molecule has 22 heavy (non-hydrogen) atoms. The summed E-state index contributed by atoms with van der Waals surface area (Å²) in [6.45, 7) is 1.75. The molecule has 1 heterocycles. The average molecular weight is 316 g/mol. The average Bonchev–Trinajstić information content (AvgIpc) is 2.85. The summed E-state index contributed by atoms with van der Waals surface area (Å²) >= 11 is 0. The molecule has 0 saturated carbocycles. The molecule has 0 aliphatic carbocycles. The number of hydrogen-bond donors (Lipinski definition) is 1. The molecule has 0 unspecified atom stereocenters. The molecule has 0 aliphatic heterocycles. The molecule has 3 aromatic rings. The summed E-state index contributed by atoms with van der Waals surface area (Å²) < 4.78 is 32.3. The van der Waals surface area contributed by atoms with Crippen LogP contribution in [0.5, 0.6) is 0 Å². The number of nitrogens with zero attached hydrogens (tertiary/aromatic N) is 1. The highest BCUT2D eigenvalue weighted by Gasteiger charge is 2.12. The fourth-order valence-corrected chi connectivity index (χ4v) is 3.33. The first-order chi connectivity index (χ1) is 10.5. The lowest BCUT2D eigenvalue weighted by Gasteiger charge is -2.07. The quantitative estimate of drug-likeness (QED) is 0.785. The van der Waals surface area contributed by atoms with Gasteiger partial charge < -0.3 is 4.42 Å². The van der Waals surface area contributed by atoms with E-state index >= 15 is 0 Å². The molecule has 1 N–H and O–H groups in total. The number of oxazole rings is 1. The summed E-state index contributed by atoms with van der Waals surface area (Å²) in [4.78, 5) is 4.20. The maximum absolute atomic E-state index is 12.2. The second kappa shape index (κ2) is 5.81. The third kappa shape index (κ3) is 3.46. The van der Waals surface area contributed by atoms with Gasteiger partial charge in [0.2, 0.25) is 10.0 Å². The van der Waals surface area contributed by atoms with E-state index < -0.39 is 10.0 Å². The Morgan fingerprint density at radius 2 is 1.91 bits per heavy atom. The Morgan fingerprint density at radius 1 is 1.14 bits per heavy atom. The fourth-order valence-electron chi connectivity index (χ4n) is 2.23. The van der Waals surface area contributed by atoms with Crippen LogP contribution in [-0.2, 0) is 16.4 Å². The third-order valence-electron chi connectivity index (χ3n) is 3.27. The first-order valence-electron chi connectivity index (χ1n) is 6.93. The number of sulfonamides is 1. The van der Waals surface area contributed by atoms with Gasteiger partial charge in [-0.1, -0.05) is 30.3 Å². The smallest absolute Gasteiger partial charge is 0.233 e. The molecule has 0 fully saturated rings. The van der Waals surface area contributed by atoms with Gasteiger partial charge in [-0.05, 0) is 30.2 Å². The molecule has 0 bridgehead atoms. The molecular weight excluding hydrogens is 300 g/mol. The highest BCUT2D eigenvalue weighted by Crippen LogP contribution is 2.20. The van der Waals surface area contributed by atoms with Crippen LogP contribution >= 0.6 is 0 Å². The van der Waals surface area contributed by atoms with Gasteiger partial charge in [0.1, 0.15) is 5.52 Å². The number of rotatable bonds is 5. The molecule has 0 saturated heterocycles. The SMILES string of the molecule is Cc1nc2cc(NS(=O)(=O)CCc3ccccc3)ccc2o1. The van der Waals surface area contributed by atoms with E-state index in [0.29, 0.717) is 29.1 Å². The van der Waals surface area contributed by atoms with E-state index in [-0.39, 0.29) is 5.75 Å². The van der Waals surface area contributed by atoms with Gasteiger partial charge in [0.05, 0.1) is 11.4 Å². The maximum atomic E-state index is 12.2. The maximum Gasteiger partial charge on any atom is 0.233 e. The van der Waals surface area contributed by atoms with Gasteiger partial charge in [0, 0.05) is 6.92 Å². The van der Waals surface area contributed by atoms with Gasteiger partial charge in [-0.25, -0.2) is 13.4 Å². The number of hydrogen-bond acceptors (Lipinski definition) is 4. The number of aryl methyl sites for hydroxylation is 2. The fraction of sp³-hybridized carbons (Fsp3) is 0.188. The standard InChI is InChI=1S/C16H16N2O3S/c1-12-17-15-11-14(7-8-16(15)21-12)18-22(19,20)10-9-13-5-3-2-4-6-13/h2-8,11,18H,9-10H2,1H3. The Morgan fingerprint density at radius 3 is 2.68 bits per heavy atom. The minimum absolute atomic E-state index is 0.0346. The predicted molar refractivity (Wildman–Crippen MR) is 86.3 cm³/mol. The van der Waals surface area contributed by atoms with Crippen molar-refractivity contribution in [3.05, 3.63) is 60.0 Å². The molecule has 1 aromatic heterocycles. The molecule has 0 atom stereocenters. The minimum atomic E-state index is -3.40. The van der Waals surface area contributed by atoms with Crippen molar-refractivity contribution in [2.75, 3.05) is 10.5 Å². The van der Waals surface area contributed by atoms with E-state index in [0.717, 1.165) is 5.56 Å². The lowest BCUT2D eigenvalue weighted by molar-refractivity contribution is 0.561. The van der Waals surface area contributed by atoms with Crippen LogP contribution in [0.1, 0.15) is 11.5 Å². The first kappa shape index (κ1) is 14.6. The first-order valence-corrected chi connectivity index (χ1v) is 8.59. The van der Waals surface area contributed by atoms with Gasteiger partial charge in [-0.3, -0.25) is 4.72 Å². The van der Waals surface area contributed by atoms with Crippen LogP contribution in [0.15, 0.2) is 52.9 Å². The number of aromatic nitrogens is 1. The van der Waals surface area contributed by atoms with Crippen LogP contribution in [0, 0.1) is 6.92 Å². The zero-order valence-corrected chi connectivity index (χ0v) is 12.9. The van der Waals surface area contributed by atoms with E-state index in [4.69, 9.17) is 4.42 Å². The highest BCUT2D eigenvalue weighted by atomic mass is 32.2. The lowest BCUT2D eigenvalue weighted by Crippen LogP contribution is -2.18. The number of fused-ring (bicyclic) bond motifs is 1. The second-order valence-corrected chi connectivity index (χ2v) is 6.91. The molecule has 6 heteroatoms. The third-order valence-corrected chi connectivity index (χ3v) is 4.56. The molecule has 5 nitrogen and oxygen atoms in total. The van der Waals surface area contributed by atoms with Crippen molar-refractivity contribution in [1.82, 2.24) is 4.98 Å². The molecule has 114 valence electrons. The topological polar surface area (TPSA) is 72.2 Å². The largest absolute Gasteiger partial charge is 0.441 e. The van der Waals surface area contributed by atoms with Gasteiger partial charge in [-0.2, -0.15) is 0 Å². The van der Waals surface area contributed by atoms with Crippen molar-refractivity contribution in [3.63, 3.8) is 0 Å². The van der Waals surface area contributed by atoms with Crippen molar-refractivity contribution in [2.45, 2.75) is 13.3 Å². The van der Waals surface area contributed by atoms with Crippen molar-refractivity contribution in [3.8, 4) is 0 Å². The molecule has 0 radical (unpaired) electrons. The van der Waals surface area contributed by atoms with Crippen LogP contribution in [0.4, 0.5) is 5.69 Å². The number of benzene rings is 2. The van der Waals surface area contributed by atoms with Crippen molar-refractivity contribution >= 4 is 26.8 Å². The second-order valence-electron chi connectivity index (χ2n) is 5.07. The number of nitrogens with one attached hydrogen (secondary N) is 1.